The van der Waals surface area contributed by atoms with Gasteiger partial charge in [-0.1, -0.05) is 93.6 Å². The molecular weight excluding hydrogens is 1120 g/mol. The fourth-order valence-electron chi connectivity index (χ4n) is 11.1. The Balaban J connectivity index is 1.31. The van der Waals surface area contributed by atoms with Gasteiger partial charge in [0, 0.05) is 37.7 Å². The minimum absolute atomic E-state index is 0.0228. The van der Waals surface area contributed by atoms with Gasteiger partial charge in [-0.25, -0.2) is 9.59 Å². The summed E-state index contributed by atoms with van der Waals surface area (Å²) in [5, 5.41) is 24.8. The number of carbonyl (C=O) groups is 9. The molecule has 3 aliphatic rings. The Labute approximate surface area is 511 Å². The molecule has 0 spiro atoms. The number of fused-ring (bicyclic) bond motifs is 2. The van der Waals surface area contributed by atoms with Crippen LogP contribution in [0.3, 0.4) is 0 Å². The quantitative estimate of drug-likeness (QED) is 0.0629. The van der Waals surface area contributed by atoms with Crippen LogP contribution >= 0.6 is 11.8 Å². The zero-order valence-corrected chi connectivity index (χ0v) is 53.7. The molecule has 470 valence electrons. The summed E-state index contributed by atoms with van der Waals surface area (Å²) in [5.41, 5.74) is 3.17. The fourth-order valence-corrected chi connectivity index (χ4v) is 11.9. The van der Waals surface area contributed by atoms with E-state index in [2.05, 4.69) is 32.7 Å². The van der Waals surface area contributed by atoms with E-state index in [4.69, 9.17) is 9.47 Å². The van der Waals surface area contributed by atoms with Crippen molar-refractivity contribution in [1.29, 1.82) is 0 Å². The summed E-state index contributed by atoms with van der Waals surface area (Å²) in [4.78, 5) is 130. The third-order valence-corrected chi connectivity index (χ3v) is 17.6. The SMILES string of the molecule is CC(C(=O)NC(C(=O)N[C@@H](Cc1ccc([C@H]2C[C@@H](C(=O)N[C@@H]3CCCc4ccccc43)N(C(=O)[C@@H](NC(=O)[C@H](C)N(C)C(=O)OC(C)(C)C)C(C)(C)C)C2)cc1)C(=O)N[C@@H]1CCCc2ccccc21)C(C)(C)SCC(=O)O)N(C)C(=O)OC(C)(C)C. The number of likely N-dealkylation sites (tertiary alicyclic amines) is 1. The van der Waals surface area contributed by atoms with Crippen LogP contribution in [0.15, 0.2) is 72.8 Å². The van der Waals surface area contributed by atoms with Gasteiger partial charge in [0.05, 0.1) is 17.8 Å². The predicted octanol–water partition coefficient (Wildman–Crippen LogP) is 7.91. The van der Waals surface area contributed by atoms with Crippen molar-refractivity contribution in [3.63, 3.8) is 0 Å². The van der Waals surface area contributed by atoms with Crippen molar-refractivity contribution in [1.82, 2.24) is 41.3 Å². The molecule has 86 heavy (non-hydrogen) atoms. The van der Waals surface area contributed by atoms with E-state index in [1.165, 1.54) is 25.9 Å². The van der Waals surface area contributed by atoms with Gasteiger partial charge in [-0.15, -0.1) is 11.8 Å². The highest BCUT2D eigenvalue weighted by atomic mass is 32.2. The molecule has 6 rings (SSSR count). The Morgan fingerprint density at radius 3 is 1.58 bits per heavy atom. The molecule has 6 N–H and O–H groups in total. The number of carbonyl (C=O) groups excluding carboxylic acids is 8. The second-order valence-corrected chi connectivity index (χ2v) is 28.4. The van der Waals surface area contributed by atoms with Crippen molar-refractivity contribution in [2.24, 2.45) is 5.41 Å². The van der Waals surface area contributed by atoms with Crippen LogP contribution in [-0.2, 0) is 62.3 Å². The van der Waals surface area contributed by atoms with Crippen LogP contribution in [0, 0.1) is 5.41 Å². The Morgan fingerprint density at radius 2 is 1.10 bits per heavy atom. The van der Waals surface area contributed by atoms with Crippen LogP contribution in [0.25, 0.3) is 0 Å². The molecule has 0 bridgehead atoms. The maximum Gasteiger partial charge on any atom is 0.410 e. The lowest BCUT2D eigenvalue weighted by Crippen LogP contribution is -2.62. The normalized spacial score (nSPS) is 19.5. The van der Waals surface area contributed by atoms with Gasteiger partial charge >= 0.3 is 18.2 Å². The minimum atomic E-state index is -1.42. The van der Waals surface area contributed by atoms with Crippen LogP contribution in [-0.4, -0.2) is 152 Å². The molecule has 20 nitrogen and oxygen atoms in total. The van der Waals surface area contributed by atoms with Crippen LogP contribution in [0.4, 0.5) is 9.59 Å². The van der Waals surface area contributed by atoms with Gasteiger partial charge in [-0.3, -0.25) is 43.4 Å². The number of carboxylic acids is 1. The third kappa shape index (κ3) is 18.0. The number of nitrogens with one attached hydrogen (secondary N) is 5. The first-order chi connectivity index (χ1) is 40.0. The minimum Gasteiger partial charge on any atom is -0.481 e. The maximum absolute atomic E-state index is 15.2. The van der Waals surface area contributed by atoms with E-state index < -0.39 is 111 Å². The molecule has 21 heteroatoms. The number of hydrogen-bond donors (Lipinski definition) is 6. The lowest BCUT2D eigenvalue weighted by atomic mass is 9.85. The molecule has 0 aromatic heterocycles. The average Bonchev–Trinajstić information content (AvgIpc) is 1.82. The van der Waals surface area contributed by atoms with Crippen molar-refractivity contribution < 1.29 is 57.7 Å². The van der Waals surface area contributed by atoms with Gasteiger partial charge < -0.3 is 46.1 Å². The largest absolute Gasteiger partial charge is 0.481 e. The zero-order chi connectivity index (χ0) is 63.8. The number of benzene rings is 3. The molecule has 9 atom stereocenters. The van der Waals surface area contributed by atoms with Gasteiger partial charge in [0.25, 0.3) is 0 Å². The highest BCUT2D eigenvalue weighted by Gasteiger charge is 2.47. The number of hydrogen-bond acceptors (Lipinski definition) is 12. The molecule has 2 aliphatic carbocycles. The van der Waals surface area contributed by atoms with Gasteiger partial charge in [-0.2, -0.15) is 0 Å². The first-order valence-electron chi connectivity index (χ1n) is 29.9. The number of amides is 8. The number of thioether (sulfide) groups is 1. The van der Waals surface area contributed by atoms with Crippen molar-refractivity contribution in [2.45, 2.75) is 212 Å². The van der Waals surface area contributed by atoms with Crippen LogP contribution < -0.4 is 26.6 Å². The van der Waals surface area contributed by atoms with E-state index in [0.717, 1.165) is 76.6 Å². The van der Waals surface area contributed by atoms with Crippen molar-refractivity contribution in [2.75, 3.05) is 26.4 Å². The summed E-state index contributed by atoms with van der Waals surface area (Å²) in [7, 11) is 2.85. The molecule has 0 radical (unpaired) electrons. The number of aliphatic carboxylic acids is 1. The molecule has 3 aromatic rings. The highest BCUT2D eigenvalue weighted by Crippen LogP contribution is 2.37. The monoisotopic (exact) mass is 1210 g/mol. The summed E-state index contributed by atoms with van der Waals surface area (Å²) in [6.07, 6.45) is 3.53. The van der Waals surface area contributed by atoms with E-state index in [-0.39, 0.29) is 43.3 Å². The van der Waals surface area contributed by atoms with Crippen LogP contribution in [0.5, 0.6) is 0 Å². The second-order valence-electron chi connectivity index (χ2n) is 26.8. The lowest BCUT2D eigenvalue weighted by Gasteiger charge is -2.37. The van der Waals surface area contributed by atoms with Gasteiger partial charge in [-0.05, 0) is 153 Å². The Kier molecular flexibility index (Phi) is 22.2. The molecule has 1 heterocycles. The first-order valence-corrected chi connectivity index (χ1v) is 30.9. The van der Waals surface area contributed by atoms with Crippen molar-refractivity contribution in [3.8, 4) is 0 Å². The fraction of sp³-hybridized carbons (Fsp3) is 0.585. The van der Waals surface area contributed by atoms with Crippen LogP contribution in [0.2, 0.25) is 0 Å². The van der Waals surface area contributed by atoms with E-state index in [1.807, 2.05) is 87.5 Å². The van der Waals surface area contributed by atoms with Gasteiger partial charge in [0.1, 0.15) is 47.5 Å². The summed E-state index contributed by atoms with van der Waals surface area (Å²) in [5.74, 6) is -5.27. The number of rotatable bonds is 20. The standard InChI is InChI=1S/C65H92N8O12S/c1-38(71(14)60(82)84-63(6,7)8)54(76)69-52(65(12,13)86-37-51(74)75)58(80)68-49(56(78)66-47-28-20-24-42-22-16-18-26-45(42)47)34-40-30-32-41(33-31-40)44-35-50(57(79)67-48-29-21-25-43-23-17-19-27-46(43)48)73(36-44)59(81)53(62(3,4)5)70-55(77)39(2)72(15)61(83)85-64(9,10)11/h16-19,22-23,26-27,30-33,38-39,44,47-50,52-53H,20-21,24-25,28-29,34-37H2,1-15H3,(H,66,78)(H,67,79)(H,68,80)(H,69,76)(H,70,77)(H,74,75)/t38?,39-,44-,47+,48+,49-,50-,52?,53+/m0/s1. The second kappa shape index (κ2) is 28.1. The van der Waals surface area contributed by atoms with E-state index >= 15 is 4.79 Å². The first kappa shape index (κ1) is 68.0. The van der Waals surface area contributed by atoms with E-state index in [0.29, 0.717) is 12.0 Å². The molecule has 8 amide bonds. The number of likely N-dealkylation sites (N-methyl/N-ethyl adjacent to an activating group) is 2. The molecule has 1 aliphatic heterocycles. The Hall–Kier alpha value is -7.16. The lowest BCUT2D eigenvalue weighted by molar-refractivity contribution is -0.144. The molecule has 0 saturated carbocycles. The number of aryl methyl sites for hydroxylation is 2. The molecule has 1 saturated heterocycles. The molecular formula is C65H92N8O12S. The maximum atomic E-state index is 15.2. The average molecular weight is 1210 g/mol. The van der Waals surface area contributed by atoms with E-state index in [1.54, 1.807) is 67.2 Å². The zero-order valence-electron chi connectivity index (χ0n) is 52.9. The predicted molar refractivity (Wildman–Crippen MR) is 330 cm³/mol. The van der Waals surface area contributed by atoms with E-state index in [9.17, 15) is 43.5 Å². The Morgan fingerprint density at radius 1 is 0.628 bits per heavy atom. The summed E-state index contributed by atoms with van der Waals surface area (Å²) in [6.45, 7) is 22.1. The third-order valence-electron chi connectivity index (χ3n) is 16.3. The van der Waals surface area contributed by atoms with Gasteiger partial charge in [0.15, 0.2) is 0 Å². The van der Waals surface area contributed by atoms with Gasteiger partial charge in [0.2, 0.25) is 35.4 Å². The smallest absolute Gasteiger partial charge is 0.410 e. The number of nitrogens with zero attached hydrogens (tertiary/aromatic N) is 3. The Bertz CT molecular complexity index is 2970. The van der Waals surface area contributed by atoms with Crippen LogP contribution in [0.1, 0.15) is 173 Å². The van der Waals surface area contributed by atoms with Crippen molar-refractivity contribution in [3.05, 3.63) is 106 Å². The molecule has 1 fully saturated rings. The topological polar surface area (TPSA) is 262 Å². The highest BCUT2D eigenvalue weighted by molar-refractivity contribution is 8.01. The summed E-state index contributed by atoms with van der Waals surface area (Å²) < 4.78 is 9.75. The van der Waals surface area contributed by atoms with Crippen molar-refractivity contribution >= 4 is 65.4 Å². The summed E-state index contributed by atoms with van der Waals surface area (Å²) >= 11 is 0.926. The molecule has 3 aromatic carbocycles. The number of carboxylic acid groups (broad SMARTS) is 1. The molecule has 2 unspecified atom stereocenters. The number of ether oxygens (including phenoxy) is 2. The summed E-state index contributed by atoms with van der Waals surface area (Å²) in [6, 6.07) is 15.8.